The van der Waals surface area contributed by atoms with Gasteiger partial charge in [0, 0.05) is 30.1 Å². The Balaban J connectivity index is 1.60. The van der Waals surface area contributed by atoms with Gasteiger partial charge in [-0.3, -0.25) is 9.59 Å². The number of hydrogen-bond acceptors (Lipinski definition) is 3. The fourth-order valence-electron chi connectivity index (χ4n) is 2.98. The van der Waals surface area contributed by atoms with Crippen molar-refractivity contribution in [3.05, 3.63) is 69.7 Å². The van der Waals surface area contributed by atoms with Crippen LogP contribution in [0.15, 0.2) is 53.6 Å². The highest BCUT2D eigenvalue weighted by Crippen LogP contribution is 2.22. The molecule has 1 fully saturated rings. The van der Waals surface area contributed by atoms with Gasteiger partial charge >= 0.3 is 0 Å². The molecule has 1 heterocycles. The summed E-state index contributed by atoms with van der Waals surface area (Å²) >= 11 is 12.0. The monoisotopic (exact) mass is 403 g/mol. The summed E-state index contributed by atoms with van der Waals surface area (Å²) in [5.41, 5.74) is 4.84. The number of nitrogens with zero attached hydrogens (tertiary/aromatic N) is 2. The topological polar surface area (TPSA) is 61.8 Å². The number of carbonyl (C=O) groups excluding carboxylic acids is 2. The molecule has 2 aromatic rings. The molecule has 1 aliphatic heterocycles. The predicted octanol–water partition coefficient (Wildman–Crippen LogP) is 3.88. The molecule has 0 spiro atoms. The van der Waals surface area contributed by atoms with Crippen molar-refractivity contribution in [2.75, 3.05) is 6.54 Å². The molecule has 0 aromatic heterocycles. The van der Waals surface area contributed by atoms with Crippen molar-refractivity contribution in [1.29, 1.82) is 0 Å². The van der Waals surface area contributed by atoms with Crippen LogP contribution in [0.4, 0.5) is 0 Å². The van der Waals surface area contributed by atoms with E-state index >= 15 is 0 Å². The number of benzene rings is 2. The summed E-state index contributed by atoms with van der Waals surface area (Å²) in [6.45, 7) is 2.64. The van der Waals surface area contributed by atoms with Gasteiger partial charge in [0.2, 0.25) is 11.8 Å². The molecule has 140 valence electrons. The Bertz CT molecular complexity index is 884. The second kappa shape index (κ2) is 8.55. The van der Waals surface area contributed by atoms with Gasteiger partial charge in [-0.25, -0.2) is 5.43 Å². The van der Waals surface area contributed by atoms with E-state index in [1.165, 1.54) is 0 Å². The van der Waals surface area contributed by atoms with E-state index in [0.717, 1.165) is 5.56 Å². The number of rotatable bonds is 5. The molecule has 5 nitrogen and oxygen atoms in total. The van der Waals surface area contributed by atoms with E-state index in [2.05, 4.69) is 10.5 Å². The Kier molecular flexibility index (Phi) is 6.14. The Morgan fingerprint density at radius 1 is 1.22 bits per heavy atom. The minimum absolute atomic E-state index is 0.0274. The zero-order valence-electron chi connectivity index (χ0n) is 14.8. The smallest absolute Gasteiger partial charge is 0.245 e. The van der Waals surface area contributed by atoms with Crippen molar-refractivity contribution in [3.8, 4) is 0 Å². The third-order valence-corrected chi connectivity index (χ3v) is 5.00. The highest BCUT2D eigenvalue weighted by molar-refractivity contribution is 6.37. The zero-order valence-corrected chi connectivity index (χ0v) is 16.3. The summed E-state index contributed by atoms with van der Waals surface area (Å²) in [5.74, 6) is -0.720. The van der Waals surface area contributed by atoms with Crippen molar-refractivity contribution in [3.63, 3.8) is 0 Å². The Morgan fingerprint density at radius 2 is 1.96 bits per heavy atom. The maximum atomic E-state index is 12.4. The normalized spacial score (nSPS) is 17.3. The predicted molar refractivity (Wildman–Crippen MR) is 107 cm³/mol. The van der Waals surface area contributed by atoms with E-state index in [-0.39, 0.29) is 18.2 Å². The molecule has 1 atom stereocenters. The molecule has 2 amide bonds. The molecule has 3 rings (SSSR count). The Hall–Kier alpha value is -2.37. The number of nitrogens with one attached hydrogen (secondary N) is 1. The number of carbonyl (C=O) groups is 2. The van der Waals surface area contributed by atoms with Crippen LogP contribution in [0.3, 0.4) is 0 Å². The third-order valence-electron chi connectivity index (χ3n) is 4.46. The molecule has 2 aromatic carbocycles. The van der Waals surface area contributed by atoms with E-state index in [1.54, 1.807) is 30.0 Å². The largest absolute Gasteiger partial charge is 0.338 e. The van der Waals surface area contributed by atoms with Crippen molar-refractivity contribution in [1.82, 2.24) is 10.3 Å². The standard InChI is InChI=1S/C20H19Cl2N3O2/c1-13(17-8-7-16(21)10-18(17)22)23-24-20(27)15-9-19(26)25(12-15)11-14-5-3-2-4-6-14/h2-8,10,15H,9,11-12H2,1H3,(H,24,27). The lowest BCUT2D eigenvalue weighted by molar-refractivity contribution is -0.129. The number of hydrogen-bond donors (Lipinski definition) is 1. The lowest BCUT2D eigenvalue weighted by Gasteiger charge is -2.16. The highest BCUT2D eigenvalue weighted by Gasteiger charge is 2.34. The molecule has 27 heavy (non-hydrogen) atoms. The van der Waals surface area contributed by atoms with Crippen LogP contribution in [-0.4, -0.2) is 29.0 Å². The molecule has 1 N–H and O–H groups in total. The Morgan fingerprint density at radius 3 is 2.67 bits per heavy atom. The van der Waals surface area contributed by atoms with Gasteiger partial charge in [-0.2, -0.15) is 5.10 Å². The van der Waals surface area contributed by atoms with E-state index in [9.17, 15) is 9.59 Å². The van der Waals surface area contributed by atoms with Gasteiger partial charge in [-0.15, -0.1) is 0 Å². The van der Waals surface area contributed by atoms with Crippen molar-refractivity contribution < 1.29 is 9.59 Å². The fourth-order valence-corrected chi connectivity index (χ4v) is 3.52. The van der Waals surface area contributed by atoms with Gasteiger partial charge < -0.3 is 4.90 Å². The first-order chi connectivity index (χ1) is 12.9. The maximum absolute atomic E-state index is 12.4. The van der Waals surface area contributed by atoms with Crippen molar-refractivity contribution >= 4 is 40.7 Å². The molecule has 1 unspecified atom stereocenters. The number of halogens is 2. The molecule has 0 saturated carbocycles. The zero-order chi connectivity index (χ0) is 19.4. The van der Waals surface area contributed by atoms with Crippen molar-refractivity contribution in [2.24, 2.45) is 11.0 Å². The highest BCUT2D eigenvalue weighted by atomic mass is 35.5. The summed E-state index contributed by atoms with van der Waals surface area (Å²) in [5, 5.41) is 5.12. The summed E-state index contributed by atoms with van der Waals surface area (Å²) in [6, 6.07) is 14.8. The van der Waals surface area contributed by atoms with Crippen LogP contribution in [0.25, 0.3) is 0 Å². The minimum Gasteiger partial charge on any atom is -0.338 e. The molecule has 0 bridgehead atoms. The van der Waals surface area contributed by atoms with Gasteiger partial charge in [-0.05, 0) is 24.6 Å². The first-order valence-electron chi connectivity index (χ1n) is 8.55. The van der Waals surface area contributed by atoms with Gasteiger partial charge in [0.25, 0.3) is 0 Å². The lowest BCUT2D eigenvalue weighted by Crippen LogP contribution is -2.30. The number of hydrazone groups is 1. The van der Waals surface area contributed by atoms with E-state index in [1.807, 2.05) is 30.3 Å². The van der Waals surface area contributed by atoms with Crippen molar-refractivity contribution in [2.45, 2.75) is 19.9 Å². The van der Waals surface area contributed by atoms with Crippen LogP contribution in [-0.2, 0) is 16.1 Å². The summed E-state index contributed by atoms with van der Waals surface area (Å²) in [4.78, 5) is 26.3. The fraction of sp³-hybridized carbons (Fsp3) is 0.250. The van der Waals surface area contributed by atoms with Gasteiger partial charge in [0.1, 0.15) is 0 Å². The summed E-state index contributed by atoms with van der Waals surface area (Å²) in [7, 11) is 0. The first kappa shape index (κ1) is 19.4. The summed E-state index contributed by atoms with van der Waals surface area (Å²) < 4.78 is 0. The number of amides is 2. The average molecular weight is 404 g/mol. The molecule has 0 radical (unpaired) electrons. The van der Waals surface area contributed by atoms with Gasteiger partial charge in [0.05, 0.1) is 16.7 Å². The Labute approximate surface area is 168 Å². The quantitative estimate of drug-likeness (QED) is 0.607. The SMILES string of the molecule is CC(=NNC(=O)C1CC(=O)N(Cc2ccccc2)C1)c1ccc(Cl)cc1Cl. The third kappa shape index (κ3) is 4.87. The summed E-state index contributed by atoms with van der Waals surface area (Å²) in [6.07, 6.45) is 0.189. The van der Waals surface area contributed by atoms with E-state index in [0.29, 0.717) is 34.4 Å². The minimum atomic E-state index is -0.418. The molecule has 1 aliphatic rings. The van der Waals surface area contributed by atoms with Crippen LogP contribution in [0, 0.1) is 5.92 Å². The molecule has 7 heteroatoms. The molecular formula is C20H19Cl2N3O2. The van der Waals surface area contributed by atoms with Crippen LogP contribution in [0.2, 0.25) is 10.0 Å². The molecular weight excluding hydrogens is 385 g/mol. The van der Waals surface area contributed by atoms with Crippen LogP contribution in [0.1, 0.15) is 24.5 Å². The van der Waals surface area contributed by atoms with Crippen LogP contribution < -0.4 is 5.43 Å². The van der Waals surface area contributed by atoms with Crippen LogP contribution >= 0.6 is 23.2 Å². The molecule has 0 aliphatic carbocycles. The molecule has 1 saturated heterocycles. The second-order valence-corrected chi connectivity index (χ2v) is 7.30. The average Bonchev–Trinajstić information content (AvgIpc) is 3.01. The second-order valence-electron chi connectivity index (χ2n) is 6.46. The van der Waals surface area contributed by atoms with E-state index < -0.39 is 5.92 Å². The van der Waals surface area contributed by atoms with Gasteiger partial charge in [-0.1, -0.05) is 59.6 Å². The maximum Gasteiger partial charge on any atom is 0.245 e. The van der Waals surface area contributed by atoms with E-state index in [4.69, 9.17) is 23.2 Å². The lowest BCUT2D eigenvalue weighted by atomic mass is 10.1. The van der Waals surface area contributed by atoms with Crippen LogP contribution in [0.5, 0.6) is 0 Å². The number of likely N-dealkylation sites (tertiary alicyclic amines) is 1. The van der Waals surface area contributed by atoms with Gasteiger partial charge in [0.15, 0.2) is 0 Å². The first-order valence-corrected chi connectivity index (χ1v) is 9.31.